The highest BCUT2D eigenvalue weighted by atomic mass is 32.2. The number of aromatic nitrogens is 3. The summed E-state index contributed by atoms with van der Waals surface area (Å²) in [4.78, 5) is 23.4. The number of amides is 1. The molecule has 1 amide bonds. The van der Waals surface area contributed by atoms with Crippen molar-refractivity contribution in [2.75, 3.05) is 17.2 Å². The molecule has 3 aromatic carbocycles. The van der Waals surface area contributed by atoms with Crippen molar-refractivity contribution in [1.82, 2.24) is 20.1 Å². The first kappa shape index (κ1) is 32.2. The van der Waals surface area contributed by atoms with Crippen molar-refractivity contribution < 1.29 is 22.7 Å². The molecule has 0 spiro atoms. The number of benzene rings is 3. The number of aliphatic imine (C=N–C) groups is 1. The topological polar surface area (TPSA) is 84.6 Å². The minimum Gasteiger partial charge on any atom is -0.406 e. The average Bonchev–Trinajstić information content (AvgIpc) is 3.64. The van der Waals surface area contributed by atoms with Gasteiger partial charge in [-0.25, -0.2) is 9.67 Å². The van der Waals surface area contributed by atoms with Crippen molar-refractivity contribution in [3.63, 3.8) is 0 Å². The highest BCUT2D eigenvalue weighted by Crippen LogP contribution is 2.31. The van der Waals surface area contributed by atoms with E-state index in [9.17, 15) is 18.0 Å². The lowest BCUT2D eigenvalue weighted by Crippen LogP contribution is -2.32. The molecule has 0 bridgehead atoms. The largest absolute Gasteiger partial charge is 0.573 e. The number of thioether (sulfide) groups is 1. The number of nitrogens with one attached hydrogen (secondary N) is 1. The minimum absolute atomic E-state index is 0.000313. The average molecular weight is 653 g/mol. The minimum atomic E-state index is -4.74. The number of amidine groups is 1. The Bertz CT molecular complexity index is 1710. The number of carbonyl (C=O) groups is 1. The van der Waals surface area contributed by atoms with Crippen LogP contribution in [0.25, 0.3) is 17.1 Å². The third-order valence-electron chi connectivity index (χ3n) is 7.01. The van der Waals surface area contributed by atoms with E-state index in [0.29, 0.717) is 34.1 Å². The molecule has 0 unspecified atom stereocenters. The van der Waals surface area contributed by atoms with Crippen LogP contribution in [0.15, 0.2) is 78.0 Å². The van der Waals surface area contributed by atoms with Gasteiger partial charge in [-0.1, -0.05) is 49.0 Å². The van der Waals surface area contributed by atoms with Gasteiger partial charge in [0.15, 0.2) is 16.1 Å². The lowest BCUT2D eigenvalue weighted by atomic mass is 10.0. The van der Waals surface area contributed by atoms with Gasteiger partial charge in [0.2, 0.25) is 5.91 Å². The van der Waals surface area contributed by atoms with Gasteiger partial charge in [-0.05, 0) is 97.9 Å². The lowest BCUT2D eigenvalue weighted by Gasteiger charge is -2.20. The number of hydrogen-bond acceptors (Lipinski definition) is 6. The molecule has 4 aromatic rings. The second-order valence-corrected chi connectivity index (χ2v) is 11.7. The van der Waals surface area contributed by atoms with Crippen LogP contribution in [0.2, 0.25) is 0 Å². The Kier molecular flexibility index (Phi) is 10.2. The van der Waals surface area contributed by atoms with E-state index in [4.69, 9.17) is 12.2 Å². The molecule has 8 nitrogen and oxygen atoms in total. The van der Waals surface area contributed by atoms with Crippen LogP contribution >= 0.6 is 24.0 Å². The smallest absolute Gasteiger partial charge is 0.406 e. The lowest BCUT2D eigenvalue weighted by molar-refractivity contribution is -0.274. The Morgan fingerprint density at radius 2 is 1.91 bits per heavy atom. The molecular formula is C32H31F3N6O2S2. The van der Waals surface area contributed by atoms with E-state index < -0.39 is 6.36 Å². The summed E-state index contributed by atoms with van der Waals surface area (Å²) >= 11 is 6.88. The standard InChI is InChI=1S/C32H31F3N6O2S2/c1-3-23-11-10-21(2)17-27(23)41-28(42)19-45-31(41)38-30(44)36-16-5-4-7-22-8-6-9-24(18-22)29-37-20-40(39-29)25-12-14-26(15-13-25)43-32(33,34)35/h6,8-15,17-18,20H,3-5,7,16,19H2,1-2H3,(H,36,44). The van der Waals surface area contributed by atoms with Gasteiger partial charge in [0, 0.05) is 12.1 Å². The maximum atomic E-state index is 12.7. The number of rotatable bonds is 10. The summed E-state index contributed by atoms with van der Waals surface area (Å²) in [6.45, 7) is 4.72. The summed E-state index contributed by atoms with van der Waals surface area (Å²) in [5, 5.41) is 8.64. The summed E-state index contributed by atoms with van der Waals surface area (Å²) in [5.74, 6) is 0.540. The van der Waals surface area contributed by atoms with Crippen LogP contribution in [-0.4, -0.2) is 49.6 Å². The van der Waals surface area contributed by atoms with Gasteiger partial charge in [-0.15, -0.1) is 18.3 Å². The second kappa shape index (κ2) is 14.2. The summed E-state index contributed by atoms with van der Waals surface area (Å²) in [7, 11) is 0. The van der Waals surface area contributed by atoms with Crippen molar-refractivity contribution in [3.8, 4) is 22.8 Å². The normalized spacial score (nSPS) is 14.3. The molecule has 1 saturated heterocycles. The maximum absolute atomic E-state index is 12.7. The summed E-state index contributed by atoms with van der Waals surface area (Å²) in [6.07, 6.45) is 0.192. The molecule has 0 aliphatic carbocycles. The fourth-order valence-electron chi connectivity index (χ4n) is 4.82. The number of anilines is 1. The predicted octanol–water partition coefficient (Wildman–Crippen LogP) is 7.04. The monoisotopic (exact) mass is 652 g/mol. The molecule has 45 heavy (non-hydrogen) atoms. The van der Waals surface area contributed by atoms with Crippen LogP contribution in [0.4, 0.5) is 18.9 Å². The van der Waals surface area contributed by atoms with E-state index in [-0.39, 0.29) is 11.7 Å². The SMILES string of the molecule is CCc1ccc(C)cc1N1C(=O)CSC1=NC(=S)NCCCCc1cccc(-c2ncn(-c3ccc(OC(F)(F)F)cc3)n2)c1. The number of unbranched alkanes of at least 4 members (excludes halogenated alkanes) is 1. The molecule has 1 aliphatic heterocycles. The first-order chi connectivity index (χ1) is 21.6. The van der Waals surface area contributed by atoms with Crippen molar-refractivity contribution in [2.45, 2.75) is 45.9 Å². The number of halogens is 3. The van der Waals surface area contributed by atoms with E-state index in [1.165, 1.54) is 47.0 Å². The number of ether oxygens (including phenoxy) is 1. The zero-order valence-corrected chi connectivity index (χ0v) is 26.3. The Hall–Kier alpha value is -4.23. The molecule has 2 heterocycles. The van der Waals surface area contributed by atoms with Gasteiger partial charge >= 0.3 is 6.36 Å². The third-order valence-corrected chi connectivity index (χ3v) is 8.16. The van der Waals surface area contributed by atoms with Gasteiger partial charge in [0.25, 0.3) is 0 Å². The van der Waals surface area contributed by atoms with Crippen molar-refractivity contribution in [1.29, 1.82) is 0 Å². The molecule has 1 fully saturated rings. The van der Waals surface area contributed by atoms with Gasteiger partial charge in [-0.2, -0.15) is 4.99 Å². The molecule has 0 radical (unpaired) electrons. The van der Waals surface area contributed by atoms with E-state index >= 15 is 0 Å². The highest BCUT2D eigenvalue weighted by molar-refractivity contribution is 8.15. The van der Waals surface area contributed by atoms with Crippen LogP contribution < -0.4 is 15.0 Å². The number of nitrogens with zero attached hydrogens (tertiary/aromatic N) is 5. The summed E-state index contributed by atoms with van der Waals surface area (Å²) in [6, 6.07) is 19.5. The molecule has 234 valence electrons. The third kappa shape index (κ3) is 8.49. The van der Waals surface area contributed by atoms with Crippen molar-refractivity contribution in [3.05, 3.63) is 89.7 Å². The van der Waals surface area contributed by atoms with Crippen LogP contribution in [-0.2, 0) is 17.6 Å². The van der Waals surface area contributed by atoms with Crippen LogP contribution in [0, 0.1) is 6.92 Å². The fourth-order valence-corrected chi connectivity index (χ4v) is 5.94. The molecule has 0 atom stereocenters. The molecule has 5 rings (SSSR count). The zero-order chi connectivity index (χ0) is 32.0. The van der Waals surface area contributed by atoms with Crippen LogP contribution in [0.3, 0.4) is 0 Å². The quantitative estimate of drug-likeness (QED) is 0.145. The molecule has 0 saturated carbocycles. The highest BCUT2D eigenvalue weighted by Gasteiger charge is 2.32. The van der Waals surface area contributed by atoms with Crippen LogP contribution in [0.1, 0.15) is 36.5 Å². The van der Waals surface area contributed by atoms with E-state index in [0.717, 1.165) is 53.6 Å². The fraction of sp³-hybridized carbons (Fsp3) is 0.281. The van der Waals surface area contributed by atoms with Gasteiger partial charge in [0.1, 0.15) is 12.1 Å². The Balaban J connectivity index is 1.12. The molecule has 1 aliphatic rings. The number of thiocarbonyl (C=S) groups is 1. The second-order valence-electron chi connectivity index (χ2n) is 10.3. The van der Waals surface area contributed by atoms with Crippen molar-refractivity contribution in [2.24, 2.45) is 4.99 Å². The van der Waals surface area contributed by atoms with Gasteiger partial charge < -0.3 is 10.1 Å². The molecule has 1 aromatic heterocycles. The molecule has 1 N–H and O–H groups in total. The molecule has 13 heteroatoms. The Labute approximate surface area is 268 Å². The van der Waals surface area contributed by atoms with E-state index in [1.807, 2.05) is 43.3 Å². The van der Waals surface area contributed by atoms with Crippen LogP contribution in [0.5, 0.6) is 5.75 Å². The van der Waals surface area contributed by atoms with Crippen molar-refractivity contribution >= 4 is 45.9 Å². The maximum Gasteiger partial charge on any atom is 0.573 e. The Morgan fingerprint density at radius 3 is 2.67 bits per heavy atom. The van der Waals surface area contributed by atoms with E-state index in [2.05, 4.69) is 38.1 Å². The summed E-state index contributed by atoms with van der Waals surface area (Å²) in [5.41, 5.74) is 5.56. The number of alkyl halides is 3. The first-order valence-corrected chi connectivity index (χ1v) is 15.8. The molecular weight excluding hydrogens is 622 g/mol. The predicted molar refractivity (Wildman–Crippen MR) is 175 cm³/mol. The number of carbonyl (C=O) groups excluding carboxylic acids is 1. The van der Waals surface area contributed by atoms with Gasteiger partial charge in [0.05, 0.1) is 17.1 Å². The zero-order valence-electron chi connectivity index (χ0n) is 24.7. The van der Waals surface area contributed by atoms with Gasteiger partial charge in [-0.3, -0.25) is 9.69 Å². The first-order valence-electron chi connectivity index (χ1n) is 14.4. The number of aryl methyl sites for hydroxylation is 3. The number of hydrogen-bond donors (Lipinski definition) is 1. The summed E-state index contributed by atoms with van der Waals surface area (Å²) < 4.78 is 42.7. The van der Waals surface area contributed by atoms with E-state index in [1.54, 1.807) is 4.90 Å². The Morgan fingerprint density at radius 1 is 1.11 bits per heavy atom.